The highest BCUT2D eigenvalue weighted by Gasteiger charge is 2.13. The molecule has 1 rings (SSSR count). The van der Waals surface area contributed by atoms with E-state index in [1.165, 1.54) is 6.07 Å². The molecule has 0 saturated heterocycles. The SMILES string of the molecule is O=[N+]([O-])c1ccc(OCCCBr)cc1F. The van der Waals surface area contributed by atoms with Crippen molar-refractivity contribution in [1.82, 2.24) is 0 Å². The number of nitrogens with zero attached hydrogens (tertiary/aromatic N) is 1. The van der Waals surface area contributed by atoms with Crippen LogP contribution >= 0.6 is 15.9 Å². The molecule has 0 aromatic heterocycles. The standard InChI is InChI=1S/C9H9BrFNO3/c10-4-1-5-15-7-2-3-9(12(13)14)8(11)6-7/h2-3,6H,1,4-5H2. The molecule has 1 aromatic rings. The van der Waals surface area contributed by atoms with Crippen LogP contribution < -0.4 is 4.74 Å². The average molecular weight is 278 g/mol. The maximum atomic E-state index is 13.1. The number of hydrogen-bond acceptors (Lipinski definition) is 3. The molecular formula is C9H9BrFNO3. The Hall–Kier alpha value is -1.17. The van der Waals surface area contributed by atoms with Gasteiger partial charge in [0.25, 0.3) is 0 Å². The zero-order chi connectivity index (χ0) is 11.3. The Kier molecular flexibility index (Phi) is 4.48. The van der Waals surface area contributed by atoms with Crippen molar-refractivity contribution in [2.24, 2.45) is 0 Å². The summed E-state index contributed by atoms with van der Waals surface area (Å²) in [6.45, 7) is 0.447. The van der Waals surface area contributed by atoms with Crippen molar-refractivity contribution in [2.75, 3.05) is 11.9 Å². The quantitative estimate of drug-likeness (QED) is 0.360. The van der Waals surface area contributed by atoms with E-state index < -0.39 is 16.4 Å². The number of benzene rings is 1. The Morgan fingerprint density at radius 2 is 2.27 bits per heavy atom. The average Bonchev–Trinajstić information content (AvgIpc) is 2.17. The molecule has 0 aliphatic heterocycles. The van der Waals surface area contributed by atoms with Gasteiger partial charge in [0.15, 0.2) is 0 Å². The number of nitro groups is 1. The predicted molar refractivity (Wildman–Crippen MR) is 57.0 cm³/mol. The normalized spacial score (nSPS) is 10.0. The monoisotopic (exact) mass is 277 g/mol. The van der Waals surface area contributed by atoms with Gasteiger partial charge < -0.3 is 4.74 Å². The van der Waals surface area contributed by atoms with Gasteiger partial charge in [0.2, 0.25) is 5.82 Å². The number of hydrogen-bond donors (Lipinski definition) is 0. The van der Waals surface area contributed by atoms with Crippen LogP contribution in [0.25, 0.3) is 0 Å². The molecule has 15 heavy (non-hydrogen) atoms. The van der Waals surface area contributed by atoms with Gasteiger partial charge in [-0.3, -0.25) is 10.1 Å². The Morgan fingerprint density at radius 3 is 2.80 bits per heavy atom. The molecule has 0 radical (unpaired) electrons. The lowest BCUT2D eigenvalue weighted by Gasteiger charge is -2.04. The molecule has 0 atom stereocenters. The predicted octanol–water partition coefficient (Wildman–Crippen LogP) is 2.90. The molecule has 0 spiro atoms. The van der Waals surface area contributed by atoms with Gasteiger partial charge in [0.1, 0.15) is 5.75 Å². The van der Waals surface area contributed by atoms with Crippen LogP contribution in [0, 0.1) is 15.9 Å². The van der Waals surface area contributed by atoms with E-state index in [0.717, 1.165) is 23.9 Å². The van der Waals surface area contributed by atoms with E-state index in [1.807, 2.05) is 0 Å². The van der Waals surface area contributed by atoms with Gasteiger partial charge in [-0.1, -0.05) is 15.9 Å². The maximum absolute atomic E-state index is 13.1. The molecule has 0 heterocycles. The van der Waals surface area contributed by atoms with E-state index in [9.17, 15) is 14.5 Å². The first-order valence-corrected chi connectivity index (χ1v) is 5.40. The molecule has 0 N–H and O–H groups in total. The molecule has 0 amide bonds. The van der Waals surface area contributed by atoms with Crippen molar-refractivity contribution >= 4 is 21.6 Å². The van der Waals surface area contributed by atoms with Crippen molar-refractivity contribution in [3.8, 4) is 5.75 Å². The van der Waals surface area contributed by atoms with Gasteiger partial charge in [-0.25, -0.2) is 0 Å². The molecule has 0 saturated carbocycles. The third-order valence-corrected chi connectivity index (χ3v) is 2.22. The zero-order valence-corrected chi connectivity index (χ0v) is 9.37. The molecule has 4 nitrogen and oxygen atoms in total. The van der Waals surface area contributed by atoms with Crippen LogP contribution in [0.5, 0.6) is 5.75 Å². The lowest BCUT2D eigenvalue weighted by molar-refractivity contribution is -0.387. The van der Waals surface area contributed by atoms with Crippen LogP contribution in [0.4, 0.5) is 10.1 Å². The summed E-state index contributed by atoms with van der Waals surface area (Å²) in [5.41, 5.74) is -0.539. The zero-order valence-electron chi connectivity index (χ0n) is 7.78. The minimum Gasteiger partial charge on any atom is -0.493 e. The number of ether oxygens (including phenoxy) is 1. The summed E-state index contributed by atoms with van der Waals surface area (Å²) in [6.07, 6.45) is 0.790. The molecule has 0 bridgehead atoms. The van der Waals surface area contributed by atoms with E-state index in [2.05, 4.69) is 15.9 Å². The minimum absolute atomic E-state index is 0.305. The maximum Gasteiger partial charge on any atom is 0.305 e. The molecule has 82 valence electrons. The lowest BCUT2D eigenvalue weighted by atomic mass is 10.3. The largest absolute Gasteiger partial charge is 0.493 e. The summed E-state index contributed by atoms with van der Waals surface area (Å²) in [5.74, 6) is -0.574. The molecule has 6 heteroatoms. The highest BCUT2D eigenvalue weighted by molar-refractivity contribution is 9.09. The highest BCUT2D eigenvalue weighted by atomic mass is 79.9. The topological polar surface area (TPSA) is 52.4 Å². The molecule has 0 fully saturated rings. The molecular weight excluding hydrogens is 269 g/mol. The summed E-state index contributed by atoms with van der Waals surface area (Å²) in [5, 5.41) is 11.1. The Balaban J connectivity index is 2.69. The van der Waals surface area contributed by atoms with Gasteiger partial charge in [-0.05, 0) is 12.5 Å². The van der Waals surface area contributed by atoms with Crippen LogP contribution in [0.2, 0.25) is 0 Å². The number of rotatable bonds is 5. The third kappa shape index (κ3) is 3.47. The molecule has 1 aromatic carbocycles. The van der Waals surface area contributed by atoms with Crippen molar-refractivity contribution in [3.05, 3.63) is 34.1 Å². The van der Waals surface area contributed by atoms with Gasteiger partial charge in [0, 0.05) is 17.5 Å². The Labute approximate surface area is 94.3 Å². The number of alkyl halides is 1. The fourth-order valence-electron chi connectivity index (χ4n) is 0.970. The van der Waals surface area contributed by atoms with E-state index in [0.29, 0.717) is 12.4 Å². The van der Waals surface area contributed by atoms with Crippen LogP contribution in [0.1, 0.15) is 6.42 Å². The molecule has 0 unspecified atom stereocenters. The Bertz CT molecular complexity index is 359. The molecule has 0 aliphatic rings. The first-order chi connectivity index (χ1) is 7.15. The van der Waals surface area contributed by atoms with Crippen LogP contribution in [0.3, 0.4) is 0 Å². The van der Waals surface area contributed by atoms with Gasteiger partial charge in [-0.2, -0.15) is 4.39 Å². The lowest BCUT2D eigenvalue weighted by Crippen LogP contribution is -1.99. The van der Waals surface area contributed by atoms with Crippen LogP contribution in [-0.2, 0) is 0 Å². The summed E-state index contributed by atoms with van der Waals surface area (Å²) in [7, 11) is 0. The summed E-state index contributed by atoms with van der Waals surface area (Å²) < 4.78 is 18.2. The third-order valence-electron chi connectivity index (χ3n) is 1.66. The van der Waals surface area contributed by atoms with Crippen molar-refractivity contribution in [1.29, 1.82) is 0 Å². The summed E-state index contributed by atoms with van der Waals surface area (Å²) in [6, 6.07) is 3.50. The summed E-state index contributed by atoms with van der Waals surface area (Å²) in [4.78, 5) is 9.55. The van der Waals surface area contributed by atoms with E-state index in [-0.39, 0.29) is 0 Å². The smallest absolute Gasteiger partial charge is 0.305 e. The first kappa shape index (κ1) is 11.9. The Morgan fingerprint density at radius 1 is 1.53 bits per heavy atom. The minimum atomic E-state index is -0.878. The van der Waals surface area contributed by atoms with Gasteiger partial charge in [-0.15, -0.1) is 0 Å². The number of halogens is 2. The fourth-order valence-corrected chi connectivity index (χ4v) is 1.20. The van der Waals surface area contributed by atoms with Crippen molar-refractivity contribution < 1.29 is 14.1 Å². The first-order valence-electron chi connectivity index (χ1n) is 4.28. The van der Waals surface area contributed by atoms with E-state index in [4.69, 9.17) is 4.74 Å². The second-order valence-electron chi connectivity index (χ2n) is 2.76. The molecule has 0 aliphatic carbocycles. The van der Waals surface area contributed by atoms with Crippen LogP contribution in [-0.4, -0.2) is 16.9 Å². The summed E-state index contributed by atoms with van der Waals surface area (Å²) >= 11 is 3.22. The van der Waals surface area contributed by atoms with E-state index >= 15 is 0 Å². The van der Waals surface area contributed by atoms with E-state index in [1.54, 1.807) is 0 Å². The fraction of sp³-hybridized carbons (Fsp3) is 0.333. The van der Waals surface area contributed by atoms with Gasteiger partial charge in [0.05, 0.1) is 11.5 Å². The number of nitro benzene ring substituents is 1. The second kappa shape index (κ2) is 5.65. The van der Waals surface area contributed by atoms with Crippen LogP contribution in [0.15, 0.2) is 18.2 Å². The van der Waals surface area contributed by atoms with Crippen molar-refractivity contribution in [3.63, 3.8) is 0 Å². The van der Waals surface area contributed by atoms with Gasteiger partial charge >= 0.3 is 5.69 Å². The second-order valence-corrected chi connectivity index (χ2v) is 3.55. The van der Waals surface area contributed by atoms with Crippen molar-refractivity contribution in [2.45, 2.75) is 6.42 Å². The highest BCUT2D eigenvalue weighted by Crippen LogP contribution is 2.22.